The van der Waals surface area contributed by atoms with Gasteiger partial charge in [0.25, 0.3) is 0 Å². The van der Waals surface area contributed by atoms with Gasteiger partial charge in [-0.2, -0.15) is 5.10 Å². The molecule has 0 bridgehead atoms. The molecular weight excluding hydrogens is 336 g/mol. The molecule has 0 aliphatic carbocycles. The van der Waals surface area contributed by atoms with Crippen molar-refractivity contribution >= 4 is 33.4 Å². The molecule has 0 spiro atoms. The van der Waals surface area contributed by atoms with Crippen LogP contribution in [0, 0.1) is 0 Å². The number of rotatable bonds is 3. The van der Waals surface area contributed by atoms with Crippen LogP contribution in [0.1, 0.15) is 12.8 Å². The van der Waals surface area contributed by atoms with Crippen LogP contribution in [0.5, 0.6) is 0 Å². The number of para-hydroxylation sites is 1. The fourth-order valence-corrected chi connectivity index (χ4v) is 2.66. The van der Waals surface area contributed by atoms with Crippen molar-refractivity contribution in [1.82, 2.24) is 15.1 Å². The maximum atomic E-state index is 12.0. The van der Waals surface area contributed by atoms with Gasteiger partial charge in [-0.15, -0.1) is 0 Å². The second-order valence-corrected chi connectivity index (χ2v) is 5.63. The molecule has 1 aromatic heterocycles. The van der Waals surface area contributed by atoms with Gasteiger partial charge in [-0.05, 0) is 34.5 Å². The van der Waals surface area contributed by atoms with Gasteiger partial charge >= 0.3 is 0 Å². The molecule has 1 fully saturated rings. The molecule has 1 aromatic carbocycles. The monoisotopic (exact) mass is 348 g/mol. The smallest absolute Gasteiger partial charge is 0.247 e. The molecule has 0 radical (unpaired) electrons. The van der Waals surface area contributed by atoms with Gasteiger partial charge in [0, 0.05) is 10.9 Å². The number of hydrogen-bond acceptors (Lipinski definition) is 3. The maximum absolute atomic E-state index is 12.0. The number of benzene rings is 1. The van der Waals surface area contributed by atoms with E-state index in [-0.39, 0.29) is 11.8 Å². The molecule has 21 heavy (non-hydrogen) atoms. The molecule has 0 saturated carbocycles. The van der Waals surface area contributed by atoms with Gasteiger partial charge in [-0.3, -0.25) is 9.59 Å². The van der Waals surface area contributed by atoms with E-state index in [1.807, 2.05) is 24.3 Å². The van der Waals surface area contributed by atoms with Crippen LogP contribution in [0.2, 0.25) is 0 Å². The van der Waals surface area contributed by atoms with Crippen molar-refractivity contribution in [2.45, 2.75) is 18.9 Å². The summed E-state index contributed by atoms with van der Waals surface area (Å²) in [6, 6.07) is 7.21. The first-order chi connectivity index (χ1) is 10.1. The summed E-state index contributed by atoms with van der Waals surface area (Å²) in [7, 11) is 0. The van der Waals surface area contributed by atoms with Crippen molar-refractivity contribution in [3.8, 4) is 5.69 Å². The van der Waals surface area contributed by atoms with Crippen molar-refractivity contribution in [3.05, 3.63) is 41.1 Å². The summed E-state index contributed by atoms with van der Waals surface area (Å²) in [5, 5.41) is 9.62. The second kappa shape index (κ2) is 5.69. The average molecular weight is 349 g/mol. The average Bonchev–Trinajstić information content (AvgIpc) is 3.08. The molecule has 0 unspecified atom stereocenters. The standard InChI is InChI=1S/C14H13BrN4O2/c15-10-3-1-2-4-12(10)19-8-9(7-16-19)17-14(21)11-5-6-13(20)18-11/h1-4,7-8,11H,5-6H2,(H,17,21)(H,18,20)/t11-/m0/s1. The number of carbonyl (C=O) groups is 2. The Balaban J connectivity index is 1.72. The van der Waals surface area contributed by atoms with Gasteiger partial charge in [0.1, 0.15) is 6.04 Å². The minimum absolute atomic E-state index is 0.0842. The number of carbonyl (C=O) groups excluding carboxylic acids is 2. The molecule has 1 atom stereocenters. The highest BCUT2D eigenvalue weighted by Gasteiger charge is 2.27. The van der Waals surface area contributed by atoms with Crippen molar-refractivity contribution in [1.29, 1.82) is 0 Å². The van der Waals surface area contributed by atoms with E-state index in [4.69, 9.17) is 0 Å². The summed E-state index contributed by atoms with van der Waals surface area (Å²) >= 11 is 3.46. The summed E-state index contributed by atoms with van der Waals surface area (Å²) in [6.45, 7) is 0. The van der Waals surface area contributed by atoms with Gasteiger partial charge in [-0.1, -0.05) is 12.1 Å². The SMILES string of the molecule is O=C1CC[C@@H](C(=O)Nc2cnn(-c3ccccc3Br)c2)N1. The zero-order chi connectivity index (χ0) is 14.8. The van der Waals surface area contributed by atoms with E-state index in [2.05, 4.69) is 31.7 Å². The lowest BCUT2D eigenvalue weighted by Crippen LogP contribution is -2.37. The summed E-state index contributed by atoms with van der Waals surface area (Å²) in [6.07, 6.45) is 4.24. The van der Waals surface area contributed by atoms with Crippen LogP contribution >= 0.6 is 15.9 Å². The minimum atomic E-state index is -0.454. The third-order valence-corrected chi connectivity index (χ3v) is 3.93. The minimum Gasteiger partial charge on any atom is -0.344 e. The van der Waals surface area contributed by atoms with E-state index in [1.54, 1.807) is 17.1 Å². The first-order valence-corrected chi connectivity index (χ1v) is 7.32. The highest BCUT2D eigenvalue weighted by Crippen LogP contribution is 2.21. The third-order valence-electron chi connectivity index (χ3n) is 3.26. The Hall–Kier alpha value is -2.15. The Labute approximate surface area is 129 Å². The van der Waals surface area contributed by atoms with Crippen molar-refractivity contribution in [2.24, 2.45) is 0 Å². The van der Waals surface area contributed by atoms with Crippen LogP contribution in [0.3, 0.4) is 0 Å². The normalized spacial score (nSPS) is 17.6. The molecule has 108 valence electrons. The van der Waals surface area contributed by atoms with Crippen LogP contribution < -0.4 is 10.6 Å². The zero-order valence-corrected chi connectivity index (χ0v) is 12.6. The first-order valence-electron chi connectivity index (χ1n) is 6.53. The predicted molar refractivity (Wildman–Crippen MR) is 81.1 cm³/mol. The van der Waals surface area contributed by atoms with E-state index in [1.165, 1.54) is 0 Å². The molecule has 2 aromatic rings. The van der Waals surface area contributed by atoms with Crippen LogP contribution in [0.25, 0.3) is 5.69 Å². The predicted octanol–water partition coefficient (Wildman–Crippen LogP) is 1.85. The van der Waals surface area contributed by atoms with Gasteiger partial charge in [0.05, 0.1) is 23.8 Å². The fraction of sp³-hybridized carbons (Fsp3) is 0.214. The van der Waals surface area contributed by atoms with Crippen LogP contribution in [-0.4, -0.2) is 27.6 Å². The lowest BCUT2D eigenvalue weighted by molar-refractivity contribution is -0.122. The summed E-state index contributed by atoms with van der Waals surface area (Å²) < 4.78 is 2.58. The number of hydrogen-bond donors (Lipinski definition) is 2. The van der Waals surface area contributed by atoms with Crippen LogP contribution in [0.4, 0.5) is 5.69 Å². The van der Waals surface area contributed by atoms with Crippen molar-refractivity contribution in [3.63, 3.8) is 0 Å². The number of halogens is 1. The Morgan fingerprint density at radius 2 is 2.24 bits per heavy atom. The van der Waals surface area contributed by atoms with E-state index < -0.39 is 6.04 Å². The number of nitrogens with one attached hydrogen (secondary N) is 2. The van der Waals surface area contributed by atoms with Gasteiger partial charge in [0.2, 0.25) is 11.8 Å². The third kappa shape index (κ3) is 2.97. The summed E-state index contributed by atoms with van der Waals surface area (Å²) in [5.41, 5.74) is 1.48. The molecule has 2 heterocycles. The molecular formula is C14H13BrN4O2. The molecule has 7 heteroatoms. The van der Waals surface area contributed by atoms with E-state index >= 15 is 0 Å². The second-order valence-electron chi connectivity index (χ2n) is 4.77. The fourth-order valence-electron chi connectivity index (χ4n) is 2.20. The summed E-state index contributed by atoms with van der Waals surface area (Å²) in [4.78, 5) is 23.1. The van der Waals surface area contributed by atoms with Crippen molar-refractivity contribution < 1.29 is 9.59 Å². The van der Waals surface area contributed by atoms with E-state index in [9.17, 15) is 9.59 Å². The number of anilines is 1. The Bertz CT molecular complexity index is 698. The van der Waals surface area contributed by atoms with Crippen LogP contribution in [0.15, 0.2) is 41.1 Å². The molecule has 2 N–H and O–H groups in total. The molecule has 1 saturated heterocycles. The lowest BCUT2D eigenvalue weighted by atomic mass is 10.2. The molecule has 3 rings (SSSR count). The van der Waals surface area contributed by atoms with Crippen LogP contribution in [-0.2, 0) is 9.59 Å². The van der Waals surface area contributed by atoms with Crippen molar-refractivity contribution in [2.75, 3.05) is 5.32 Å². The Morgan fingerprint density at radius 1 is 1.43 bits per heavy atom. The highest BCUT2D eigenvalue weighted by molar-refractivity contribution is 9.10. The Morgan fingerprint density at radius 3 is 2.95 bits per heavy atom. The highest BCUT2D eigenvalue weighted by atomic mass is 79.9. The first kappa shape index (κ1) is 13.8. The number of nitrogens with zero attached hydrogens (tertiary/aromatic N) is 2. The van der Waals surface area contributed by atoms with Gasteiger partial charge < -0.3 is 10.6 Å². The molecule has 1 aliphatic heterocycles. The Kier molecular flexibility index (Phi) is 3.74. The van der Waals surface area contributed by atoms with E-state index in [0.717, 1.165) is 10.2 Å². The summed E-state index contributed by atoms with van der Waals surface area (Å²) in [5.74, 6) is -0.299. The molecule has 2 amide bonds. The quantitative estimate of drug-likeness (QED) is 0.888. The number of aromatic nitrogens is 2. The maximum Gasteiger partial charge on any atom is 0.247 e. The lowest BCUT2D eigenvalue weighted by Gasteiger charge is -2.09. The molecule has 1 aliphatic rings. The largest absolute Gasteiger partial charge is 0.344 e. The topological polar surface area (TPSA) is 76.0 Å². The van der Waals surface area contributed by atoms with E-state index in [0.29, 0.717) is 18.5 Å². The zero-order valence-electron chi connectivity index (χ0n) is 11.0. The van der Waals surface area contributed by atoms with Gasteiger partial charge in [-0.25, -0.2) is 4.68 Å². The number of amides is 2. The molecule has 6 nitrogen and oxygen atoms in total. The van der Waals surface area contributed by atoms with Gasteiger partial charge in [0.15, 0.2) is 0 Å².